The first-order chi connectivity index (χ1) is 14.2. The highest BCUT2D eigenvalue weighted by molar-refractivity contribution is 6.05. The number of hydrogen-bond donors (Lipinski definition) is 1. The van der Waals surface area contributed by atoms with Gasteiger partial charge >= 0.3 is 0 Å². The number of amides is 1. The maximum absolute atomic E-state index is 13.3. The monoisotopic (exact) mass is 382 g/mol. The lowest BCUT2D eigenvalue weighted by Gasteiger charge is -2.16. The zero-order chi connectivity index (χ0) is 19.8. The Morgan fingerprint density at radius 2 is 1.55 bits per heavy atom. The van der Waals surface area contributed by atoms with E-state index in [4.69, 9.17) is 10.5 Å². The molecule has 0 saturated heterocycles. The fraction of sp³-hybridized carbons (Fsp3) is 0.0870. The zero-order valence-corrected chi connectivity index (χ0v) is 15.6. The summed E-state index contributed by atoms with van der Waals surface area (Å²) in [5, 5.41) is 0.619. The summed E-state index contributed by atoms with van der Waals surface area (Å²) in [5.41, 5.74) is 9.09. The van der Waals surface area contributed by atoms with E-state index in [1.807, 2.05) is 60.7 Å². The molecule has 0 aliphatic carbocycles. The van der Waals surface area contributed by atoms with E-state index in [1.54, 1.807) is 17.0 Å². The van der Waals surface area contributed by atoms with Gasteiger partial charge in [-0.05, 0) is 41.5 Å². The number of fused-ring (bicyclic) bond motifs is 2. The first kappa shape index (κ1) is 17.2. The van der Waals surface area contributed by atoms with Gasteiger partial charge in [0, 0.05) is 18.5 Å². The van der Waals surface area contributed by atoms with Crippen molar-refractivity contribution in [3.05, 3.63) is 89.6 Å². The molecule has 6 heteroatoms. The van der Waals surface area contributed by atoms with Crippen molar-refractivity contribution in [1.82, 2.24) is 14.9 Å². The molecule has 0 atom stereocenters. The molecule has 2 N–H and O–H groups in total. The van der Waals surface area contributed by atoms with Crippen molar-refractivity contribution < 1.29 is 9.53 Å². The summed E-state index contributed by atoms with van der Waals surface area (Å²) in [6.45, 7) is 1.11. The van der Waals surface area contributed by atoms with Crippen molar-refractivity contribution in [2.45, 2.75) is 13.1 Å². The smallest absolute Gasteiger partial charge is 0.273 e. The Morgan fingerprint density at radius 3 is 2.28 bits per heavy atom. The fourth-order valence-corrected chi connectivity index (χ4v) is 3.60. The van der Waals surface area contributed by atoms with Crippen LogP contribution in [0.2, 0.25) is 0 Å². The number of benzene rings is 3. The van der Waals surface area contributed by atoms with Crippen molar-refractivity contribution in [2.24, 2.45) is 0 Å². The lowest BCUT2D eigenvalue weighted by molar-refractivity contribution is 0.0747. The maximum atomic E-state index is 13.3. The van der Waals surface area contributed by atoms with Crippen molar-refractivity contribution in [3.8, 4) is 11.5 Å². The number of carbonyl (C=O) groups excluding carboxylic acids is 1. The standard InChI is InChI=1S/C23H18N4O2/c24-23-25-20-11-10-18(29-17-8-2-1-3-9-17)12-19(20)21(26-23)22(28)27-13-15-6-4-5-7-16(15)14-27/h1-12H,13-14H2,(H2,24,25,26). The van der Waals surface area contributed by atoms with Gasteiger partial charge in [0.1, 0.15) is 17.2 Å². The Balaban J connectivity index is 1.52. The Labute approximate surface area is 167 Å². The number of nitrogens with zero attached hydrogens (tertiary/aromatic N) is 3. The SMILES string of the molecule is Nc1nc(C(=O)N2Cc3ccccc3C2)c2cc(Oc3ccccc3)ccc2n1. The molecule has 1 aromatic heterocycles. The van der Waals surface area contributed by atoms with Gasteiger partial charge in [-0.25, -0.2) is 9.97 Å². The lowest BCUT2D eigenvalue weighted by Crippen LogP contribution is -2.27. The van der Waals surface area contributed by atoms with Crippen LogP contribution < -0.4 is 10.5 Å². The van der Waals surface area contributed by atoms with Crippen LogP contribution in [-0.2, 0) is 13.1 Å². The van der Waals surface area contributed by atoms with E-state index in [0.29, 0.717) is 41.2 Å². The third-order valence-electron chi connectivity index (χ3n) is 4.99. The second kappa shape index (κ2) is 6.91. The highest BCUT2D eigenvalue weighted by Crippen LogP contribution is 2.29. The van der Waals surface area contributed by atoms with E-state index < -0.39 is 0 Å². The molecule has 0 radical (unpaired) electrons. The highest BCUT2D eigenvalue weighted by atomic mass is 16.5. The first-order valence-corrected chi connectivity index (χ1v) is 9.33. The van der Waals surface area contributed by atoms with Crippen LogP contribution in [-0.4, -0.2) is 20.8 Å². The molecule has 0 fully saturated rings. The molecule has 0 spiro atoms. The summed E-state index contributed by atoms with van der Waals surface area (Å²) in [6, 6.07) is 22.9. The summed E-state index contributed by atoms with van der Waals surface area (Å²) in [5.74, 6) is 1.23. The van der Waals surface area contributed by atoms with Crippen molar-refractivity contribution in [3.63, 3.8) is 0 Å². The van der Waals surface area contributed by atoms with Crippen LogP contribution in [0.15, 0.2) is 72.8 Å². The van der Waals surface area contributed by atoms with Gasteiger partial charge in [0.05, 0.1) is 5.52 Å². The molecule has 6 nitrogen and oxygen atoms in total. The summed E-state index contributed by atoms with van der Waals surface area (Å²) in [6.07, 6.45) is 0. The summed E-state index contributed by atoms with van der Waals surface area (Å²) < 4.78 is 5.92. The van der Waals surface area contributed by atoms with Crippen molar-refractivity contribution >= 4 is 22.8 Å². The third kappa shape index (κ3) is 3.25. The summed E-state index contributed by atoms with van der Waals surface area (Å²) >= 11 is 0. The molecular weight excluding hydrogens is 364 g/mol. The van der Waals surface area contributed by atoms with Gasteiger partial charge < -0.3 is 15.4 Å². The van der Waals surface area contributed by atoms with Crippen LogP contribution in [0.1, 0.15) is 21.6 Å². The van der Waals surface area contributed by atoms with Crippen molar-refractivity contribution in [1.29, 1.82) is 0 Å². The van der Waals surface area contributed by atoms with Crippen LogP contribution in [0.5, 0.6) is 11.5 Å². The Bertz CT molecular complexity index is 1200. The molecule has 0 saturated carbocycles. The largest absolute Gasteiger partial charge is 0.457 e. The Morgan fingerprint density at radius 1 is 0.862 bits per heavy atom. The fourth-order valence-electron chi connectivity index (χ4n) is 3.60. The van der Waals surface area contributed by atoms with Crippen LogP contribution >= 0.6 is 0 Å². The third-order valence-corrected chi connectivity index (χ3v) is 4.99. The highest BCUT2D eigenvalue weighted by Gasteiger charge is 2.26. The van der Waals surface area contributed by atoms with E-state index in [1.165, 1.54) is 0 Å². The molecule has 3 aromatic carbocycles. The maximum Gasteiger partial charge on any atom is 0.273 e. The Hall–Kier alpha value is -3.93. The molecule has 29 heavy (non-hydrogen) atoms. The van der Waals surface area contributed by atoms with Crippen LogP contribution in [0.3, 0.4) is 0 Å². The predicted molar refractivity (Wildman–Crippen MR) is 110 cm³/mol. The minimum absolute atomic E-state index is 0.0780. The number of carbonyl (C=O) groups is 1. The van der Waals surface area contributed by atoms with Crippen molar-refractivity contribution in [2.75, 3.05) is 5.73 Å². The zero-order valence-electron chi connectivity index (χ0n) is 15.6. The van der Waals surface area contributed by atoms with Crippen LogP contribution in [0.25, 0.3) is 10.9 Å². The molecule has 0 unspecified atom stereocenters. The summed E-state index contributed by atoms with van der Waals surface area (Å²) in [7, 11) is 0. The average Bonchev–Trinajstić information content (AvgIpc) is 3.18. The first-order valence-electron chi connectivity index (χ1n) is 9.33. The number of aromatic nitrogens is 2. The van der Waals surface area contributed by atoms with E-state index >= 15 is 0 Å². The minimum Gasteiger partial charge on any atom is -0.457 e. The van der Waals surface area contributed by atoms with Gasteiger partial charge in [0.25, 0.3) is 5.91 Å². The van der Waals surface area contributed by atoms with E-state index in [9.17, 15) is 4.79 Å². The number of rotatable bonds is 3. The normalized spacial score (nSPS) is 12.8. The van der Waals surface area contributed by atoms with Gasteiger partial charge in [-0.15, -0.1) is 0 Å². The number of nitrogens with two attached hydrogens (primary N) is 1. The van der Waals surface area contributed by atoms with E-state index in [0.717, 1.165) is 11.1 Å². The minimum atomic E-state index is -0.169. The van der Waals surface area contributed by atoms with Crippen LogP contribution in [0, 0.1) is 0 Å². The number of anilines is 1. The molecule has 2 heterocycles. The molecule has 142 valence electrons. The molecule has 4 aromatic rings. The molecule has 5 rings (SSSR count). The van der Waals surface area contributed by atoms with Gasteiger partial charge in [-0.3, -0.25) is 4.79 Å². The van der Waals surface area contributed by atoms with Gasteiger partial charge in [0.2, 0.25) is 5.95 Å². The van der Waals surface area contributed by atoms with Gasteiger partial charge in [-0.1, -0.05) is 42.5 Å². The van der Waals surface area contributed by atoms with E-state index in [2.05, 4.69) is 9.97 Å². The van der Waals surface area contributed by atoms with Gasteiger partial charge in [-0.2, -0.15) is 0 Å². The predicted octanol–water partition coefficient (Wildman–Crippen LogP) is 4.16. The number of nitrogen functional groups attached to an aromatic ring is 1. The molecule has 1 aliphatic heterocycles. The van der Waals surface area contributed by atoms with E-state index in [-0.39, 0.29) is 11.9 Å². The lowest BCUT2D eigenvalue weighted by atomic mass is 10.1. The second-order valence-electron chi connectivity index (χ2n) is 6.95. The number of hydrogen-bond acceptors (Lipinski definition) is 5. The molecule has 0 bridgehead atoms. The second-order valence-corrected chi connectivity index (χ2v) is 6.95. The van der Waals surface area contributed by atoms with Gasteiger partial charge in [0.15, 0.2) is 0 Å². The molecule has 1 amide bonds. The number of para-hydroxylation sites is 1. The topological polar surface area (TPSA) is 81.3 Å². The van der Waals surface area contributed by atoms with Crippen LogP contribution in [0.4, 0.5) is 5.95 Å². The average molecular weight is 382 g/mol. The molecular formula is C23H18N4O2. The number of ether oxygens (including phenoxy) is 1. The Kier molecular flexibility index (Phi) is 4.09. The summed E-state index contributed by atoms with van der Waals surface area (Å²) in [4.78, 5) is 23.6. The molecule has 1 aliphatic rings. The quantitative estimate of drug-likeness (QED) is 0.575.